The summed E-state index contributed by atoms with van der Waals surface area (Å²) in [7, 11) is 0. The van der Waals surface area contributed by atoms with Crippen molar-refractivity contribution >= 4 is 0 Å². The van der Waals surface area contributed by atoms with Crippen molar-refractivity contribution < 1.29 is 13.9 Å². The zero-order valence-corrected chi connectivity index (χ0v) is 12.5. The van der Waals surface area contributed by atoms with Crippen LogP contribution in [0.4, 0.5) is 4.39 Å². The van der Waals surface area contributed by atoms with Crippen LogP contribution in [0.5, 0.6) is 5.75 Å². The van der Waals surface area contributed by atoms with Crippen molar-refractivity contribution in [3.05, 3.63) is 65.5 Å². The van der Waals surface area contributed by atoms with Gasteiger partial charge in [0.05, 0.1) is 19.3 Å². The summed E-state index contributed by atoms with van der Waals surface area (Å²) in [4.78, 5) is 0. The molecule has 2 rings (SSSR count). The zero-order chi connectivity index (χ0) is 15.1. The highest BCUT2D eigenvalue weighted by Gasteiger charge is 2.05. The average Bonchev–Trinajstić information content (AvgIpc) is 2.49. The van der Waals surface area contributed by atoms with Crippen LogP contribution in [0.2, 0.25) is 0 Å². The van der Waals surface area contributed by atoms with Crippen LogP contribution in [-0.2, 0) is 17.8 Å². The summed E-state index contributed by atoms with van der Waals surface area (Å²) in [6.07, 6.45) is 0.945. The Labute approximate surface area is 125 Å². The molecule has 3 heteroatoms. The van der Waals surface area contributed by atoms with Crippen LogP contribution in [0.3, 0.4) is 0 Å². The SMILES string of the molecule is CCOc1ccc(CC(C)OCc2ccc(F)cc2)cc1. The van der Waals surface area contributed by atoms with Crippen molar-refractivity contribution in [2.24, 2.45) is 0 Å². The lowest BCUT2D eigenvalue weighted by atomic mass is 10.1. The van der Waals surface area contributed by atoms with Crippen LogP contribution in [0.25, 0.3) is 0 Å². The summed E-state index contributed by atoms with van der Waals surface area (Å²) in [5, 5.41) is 0. The van der Waals surface area contributed by atoms with Gasteiger partial charge in [-0.2, -0.15) is 0 Å². The lowest BCUT2D eigenvalue weighted by molar-refractivity contribution is 0.0535. The molecule has 0 spiro atoms. The van der Waals surface area contributed by atoms with Crippen LogP contribution >= 0.6 is 0 Å². The zero-order valence-electron chi connectivity index (χ0n) is 12.5. The first-order valence-electron chi connectivity index (χ1n) is 7.25. The van der Waals surface area contributed by atoms with E-state index in [1.165, 1.54) is 17.7 Å². The maximum atomic E-state index is 12.8. The Morgan fingerprint density at radius 1 is 0.952 bits per heavy atom. The van der Waals surface area contributed by atoms with Crippen LogP contribution < -0.4 is 4.74 Å². The molecule has 1 unspecified atom stereocenters. The quantitative estimate of drug-likeness (QED) is 0.753. The molecule has 2 nitrogen and oxygen atoms in total. The topological polar surface area (TPSA) is 18.5 Å². The molecule has 0 aliphatic heterocycles. The molecule has 0 saturated carbocycles. The van der Waals surface area contributed by atoms with Crippen molar-refractivity contribution in [2.75, 3.05) is 6.61 Å². The maximum absolute atomic E-state index is 12.8. The van der Waals surface area contributed by atoms with Crippen LogP contribution in [-0.4, -0.2) is 12.7 Å². The Bertz CT molecular complexity index is 534. The first kappa shape index (κ1) is 15.5. The fourth-order valence-electron chi connectivity index (χ4n) is 2.10. The largest absolute Gasteiger partial charge is 0.494 e. The van der Waals surface area contributed by atoms with Gasteiger partial charge >= 0.3 is 0 Å². The molecule has 21 heavy (non-hydrogen) atoms. The molecular weight excluding hydrogens is 267 g/mol. The van der Waals surface area contributed by atoms with Crippen LogP contribution in [0.1, 0.15) is 25.0 Å². The van der Waals surface area contributed by atoms with Gasteiger partial charge in [-0.1, -0.05) is 24.3 Å². The number of rotatable bonds is 7. The van der Waals surface area contributed by atoms with E-state index in [9.17, 15) is 4.39 Å². The predicted molar refractivity (Wildman–Crippen MR) is 82.0 cm³/mol. The van der Waals surface area contributed by atoms with Crippen molar-refractivity contribution in [2.45, 2.75) is 33.0 Å². The van der Waals surface area contributed by atoms with Gasteiger partial charge in [-0.3, -0.25) is 0 Å². The van der Waals surface area contributed by atoms with E-state index in [1.54, 1.807) is 12.1 Å². The van der Waals surface area contributed by atoms with Gasteiger partial charge in [0.15, 0.2) is 0 Å². The molecule has 0 amide bonds. The molecule has 0 fully saturated rings. The van der Waals surface area contributed by atoms with Gasteiger partial charge in [-0.05, 0) is 55.7 Å². The van der Waals surface area contributed by atoms with E-state index >= 15 is 0 Å². The highest BCUT2D eigenvalue weighted by molar-refractivity contribution is 5.27. The molecule has 0 heterocycles. The van der Waals surface area contributed by atoms with Gasteiger partial charge in [0, 0.05) is 0 Å². The van der Waals surface area contributed by atoms with E-state index in [1.807, 2.05) is 26.0 Å². The van der Waals surface area contributed by atoms with Gasteiger partial charge in [0.2, 0.25) is 0 Å². The van der Waals surface area contributed by atoms with Gasteiger partial charge < -0.3 is 9.47 Å². The fourth-order valence-corrected chi connectivity index (χ4v) is 2.10. The average molecular weight is 288 g/mol. The second-order valence-electron chi connectivity index (χ2n) is 5.03. The summed E-state index contributed by atoms with van der Waals surface area (Å²) in [5.74, 6) is 0.669. The van der Waals surface area contributed by atoms with Crippen LogP contribution in [0, 0.1) is 5.82 Å². The van der Waals surface area contributed by atoms with Gasteiger partial charge in [0.25, 0.3) is 0 Å². The summed E-state index contributed by atoms with van der Waals surface area (Å²) in [6, 6.07) is 14.5. The molecule has 112 valence electrons. The summed E-state index contributed by atoms with van der Waals surface area (Å²) < 4.78 is 24.0. The molecule has 0 N–H and O–H groups in total. The normalized spacial score (nSPS) is 12.1. The van der Waals surface area contributed by atoms with E-state index in [-0.39, 0.29) is 11.9 Å². The van der Waals surface area contributed by atoms with Gasteiger partial charge in [0.1, 0.15) is 11.6 Å². The number of ether oxygens (including phenoxy) is 2. The first-order chi connectivity index (χ1) is 10.2. The lowest BCUT2D eigenvalue weighted by Crippen LogP contribution is -2.11. The van der Waals surface area contributed by atoms with E-state index in [4.69, 9.17) is 9.47 Å². The molecule has 0 aliphatic carbocycles. The van der Waals surface area contributed by atoms with E-state index in [0.717, 1.165) is 17.7 Å². The lowest BCUT2D eigenvalue weighted by Gasteiger charge is -2.13. The minimum absolute atomic E-state index is 0.105. The number of hydrogen-bond donors (Lipinski definition) is 0. The smallest absolute Gasteiger partial charge is 0.123 e. The summed E-state index contributed by atoms with van der Waals surface area (Å²) >= 11 is 0. The number of halogens is 1. The number of benzene rings is 2. The minimum Gasteiger partial charge on any atom is -0.494 e. The molecule has 0 saturated heterocycles. The van der Waals surface area contributed by atoms with Crippen molar-refractivity contribution in [1.29, 1.82) is 0 Å². The van der Waals surface area contributed by atoms with Crippen molar-refractivity contribution in [3.63, 3.8) is 0 Å². The Morgan fingerprint density at radius 3 is 2.19 bits per heavy atom. The Kier molecular flexibility index (Phi) is 5.76. The monoisotopic (exact) mass is 288 g/mol. The molecule has 1 atom stereocenters. The second-order valence-corrected chi connectivity index (χ2v) is 5.03. The molecule has 2 aromatic rings. The van der Waals surface area contributed by atoms with Crippen molar-refractivity contribution in [1.82, 2.24) is 0 Å². The van der Waals surface area contributed by atoms with Crippen LogP contribution in [0.15, 0.2) is 48.5 Å². The summed E-state index contributed by atoms with van der Waals surface area (Å²) in [6.45, 7) is 5.19. The third-order valence-electron chi connectivity index (χ3n) is 3.21. The molecule has 2 aromatic carbocycles. The van der Waals surface area contributed by atoms with Gasteiger partial charge in [-0.15, -0.1) is 0 Å². The van der Waals surface area contributed by atoms with E-state index in [2.05, 4.69) is 12.1 Å². The first-order valence-corrected chi connectivity index (χ1v) is 7.25. The second kappa shape index (κ2) is 7.79. The molecule has 0 aromatic heterocycles. The maximum Gasteiger partial charge on any atom is 0.123 e. The standard InChI is InChI=1S/C18H21FO2/c1-3-20-18-10-6-15(7-11-18)12-14(2)21-13-16-4-8-17(19)9-5-16/h4-11,14H,3,12-13H2,1-2H3. The Balaban J connectivity index is 1.80. The van der Waals surface area contributed by atoms with E-state index < -0.39 is 0 Å². The molecular formula is C18H21FO2. The Morgan fingerprint density at radius 2 is 1.57 bits per heavy atom. The predicted octanol–water partition coefficient (Wildman–Crippen LogP) is 4.37. The highest BCUT2D eigenvalue weighted by Crippen LogP contribution is 2.15. The Hall–Kier alpha value is -1.87. The van der Waals surface area contributed by atoms with Crippen molar-refractivity contribution in [3.8, 4) is 5.75 Å². The van der Waals surface area contributed by atoms with E-state index in [0.29, 0.717) is 13.2 Å². The number of hydrogen-bond acceptors (Lipinski definition) is 2. The molecule has 0 aliphatic rings. The molecule has 0 radical (unpaired) electrons. The molecule has 0 bridgehead atoms. The minimum atomic E-state index is -0.221. The third-order valence-corrected chi connectivity index (χ3v) is 3.21. The summed E-state index contributed by atoms with van der Waals surface area (Å²) in [5.41, 5.74) is 2.19. The third kappa shape index (κ3) is 5.20. The van der Waals surface area contributed by atoms with Gasteiger partial charge in [-0.25, -0.2) is 4.39 Å². The fraction of sp³-hybridized carbons (Fsp3) is 0.333. The highest BCUT2D eigenvalue weighted by atomic mass is 19.1.